The topological polar surface area (TPSA) is 179 Å². The molecule has 63 heavy (non-hydrogen) atoms. The highest BCUT2D eigenvalue weighted by Gasteiger charge is 2.62. The molecule has 14 nitrogen and oxygen atoms in total. The smallest absolute Gasteiger partial charge is 0.472 e. The molecule has 2 aromatic heterocycles. The molecule has 0 bridgehead atoms. The number of benzene rings is 2. The summed E-state index contributed by atoms with van der Waals surface area (Å²) >= 11 is 0. The van der Waals surface area contributed by atoms with Gasteiger partial charge in [0.25, 0.3) is 5.91 Å². The number of ketones is 1. The van der Waals surface area contributed by atoms with Crippen LogP contribution in [0.15, 0.2) is 60.8 Å². The van der Waals surface area contributed by atoms with E-state index in [2.05, 4.69) is 24.9 Å². The van der Waals surface area contributed by atoms with Gasteiger partial charge in [0.2, 0.25) is 27.7 Å². The number of rotatable bonds is 9. The Morgan fingerprint density at radius 2 is 1.76 bits per heavy atom. The van der Waals surface area contributed by atoms with E-state index in [1.54, 1.807) is 6.08 Å². The van der Waals surface area contributed by atoms with Gasteiger partial charge in [-0.15, -0.1) is 13.2 Å². The molecule has 0 spiro atoms. The highest BCUT2D eigenvalue weighted by molar-refractivity contribution is 7.91. The van der Waals surface area contributed by atoms with Crippen LogP contribution in [0.1, 0.15) is 88.2 Å². The monoisotopic (exact) mass is 904 g/mol. The van der Waals surface area contributed by atoms with Crippen molar-refractivity contribution in [1.82, 2.24) is 29.7 Å². The zero-order chi connectivity index (χ0) is 45.1. The van der Waals surface area contributed by atoms with Gasteiger partial charge in [0.15, 0.2) is 5.78 Å². The van der Waals surface area contributed by atoms with Crippen molar-refractivity contribution in [2.75, 3.05) is 6.54 Å². The summed E-state index contributed by atoms with van der Waals surface area (Å²) < 4.78 is 119. The predicted molar refractivity (Wildman–Crippen MR) is 212 cm³/mol. The van der Waals surface area contributed by atoms with Gasteiger partial charge in [-0.1, -0.05) is 25.0 Å². The van der Waals surface area contributed by atoms with Crippen LogP contribution >= 0.6 is 0 Å². The van der Waals surface area contributed by atoms with E-state index in [9.17, 15) is 53.9 Å². The van der Waals surface area contributed by atoms with E-state index in [1.807, 2.05) is 6.08 Å². The third kappa shape index (κ3) is 9.06. The number of nitrogens with one attached hydrogen (secondary N) is 2. The Hall–Kier alpha value is -5.73. The van der Waals surface area contributed by atoms with Gasteiger partial charge in [0, 0.05) is 35.9 Å². The number of halogens is 6. The lowest BCUT2D eigenvalue weighted by molar-refractivity contribution is -0.274. The number of pyridine rings is 1. The molecule has 8 rings (SSSR count). The van der Waals surface area contributed by atoms with E-state index in [-0.39, 0.29) is 47.3 Å². The molecule has 2 aliphatic heterocycles. The van der Waals surface area contributed by atoms with E-state index in [0.717, 1.165) is 41.4 Å². The highest BCUT2D eigenvalue weighted by atomic mass is 32.2. The van der Waals surface area contributed by atoms with Crippen LogP contribution in [0.2, 0.25) is 0 Å². The molecule has 336 valence electrons. The first-order valence-corrected chi connectivity index (χ1v) is 21.9. The predicted octanol–water partition coefficient (Wildman–Crippen LogP) is 6.65. The van der Waals surface area contributed by atoms with Crippen molar-refractivity contribution in [3.8, 4) is 11.6 Å². The maximum absolute atomic E-state index is 14.7. The maximum Gasteiger partial charge on any atom is 0.573 e. The number of sulfonamides is 1. The third-order valence-corrected chi connectivity index (χ3v) is 14.6. The summed E-state index contributed by atoms with van der Waals surface area (Å²) in [6, 6.07) is 5.47. The number of amides is 3. The highest BCUT2D eigenvalue weighted by Crippen LogP contribution is 2.57. The van der Waals surface area contributed by atoms with Crippen LogP contribution in [-0.2, 0) is 24.4 Å². The molecule has 2 aromatic carbocycles. The summed E-state index contributed by atoms with van der Waals surface area (Å²) in [4.78, 5) is 62.3. The molecular weight excluding hydrogens is 863 g/mol. The minimum atomic E-state index is -5.06. The van der Waals surface area contributed by atoms with Crippen LogP contribution in [0, 0.1) is 17.2 Å². The van der Waals surface area contributed by atoms with Gasteiger partial charge in [0.1, 0.15) is 29.4 Å². The standard InChI is InChI=1S/C42H42F6N6O8S/c1-40(14-15-40)63(59,60)52-38(58)41-20-23(41)7-5-3-2-4-6-8-31(49-35(56)30-13-16-54(51-30)39(44)45)37(57)53-22-26(19-33(53)34(55)21-41)61-36-29-18-25(62-42(46,47)48)10-12-27(29)28-11-9-24(43)17-32(28)50-36/h5,7,9-13,16-18,23,26,31,33,39H,2-4,6,8,14-15,19-22H2,1H3,(H,49,56)(H,52,58)/b7-5-/t23-,26-,31+,33+,41-/m1/s1. The van der Waals surface area contributed by atoms with Crippen LogP contribution in [-0.4, -0.2) is 87.4 Å². The van der Waals surface area contributed by atoms with Gasteiger partial charge < -0.3 is 19.7 Å². The molecule has 4 heterocycles. The number of Topliss-reactive ketones (excluding diaryl/α,β-unsaturated/α-hetero) is 1. The van der Waals surface area contributed by atoms with Crippen molar-refractivity contribution in [2.24, 2.45) is 11.3 Å². The van der Waals surface area contributed by atoms with Crippen LogP contribution in [0.4, 0.5) is 26.3 Å². The number of alkyl halides is 5. The molecule has 2 saturated carbocycles. The quantitative estimate of drug-likeness (QED) is 0.105. The zero-order valence-electron chi connectivity index (χ0n) is 33.7. The van der Waals surface area contributed by atoms with Crippen LogP contribution in [0.3, 0.4) is 0 Å². The first-order valence-electron chi connectivity index (χ1n) is 20.4. The van der Waals surface area contributed by atoms with Crippen LogP contribution < -0.4 is 19.5 Å². The largest absolute Gasteiger partial charge is 0.573 e. The number of hydrogen-bond acceptors (Lipinski definition) is 10. The molecule has 21 heteroatoms. The van der Waals surface area contributed by atoms with Gasteiger partial charge in [-0.25, -0.2) is 22.5 Å². The fraction of sp³-hybridized carbons (Fsp3) is 0.476. The molecule has 5 atom stereocenters. The number of nitrogens with zero attached hydrogens (tertiary/aromatic N) is 4. The first-order chi connectivity index (χ1) is 29.8. The van der Waals surface area contributed by atoms with Gasteiger partial charge in [-0.2, -0.15) is 13.9 Å². The number of allylic oxidation sites excluding steroid dienone is 2. The van der Waals surface area contributed by atoms with Gasteiger partial charge >= 0.3 is 12.9 Å². The SMILES string of the molecule is CC1(S(=O)(=O)NC(=O)[C@]23CC(=O)[C@@H]4C[C@@H](Oc5nc6cc(F)ccc6c6ccc(OC(F)(F)F)cc56)CN4C(=O)[C@@H](NC(=O)c4ccn(C(F)F)n4)CCCCC/C=C\[C@@H]2C3)CC1. The Labute approximate surface area is 356 Å². The summed E-state index contributed by atoms with van der Waals surface area (Å²) in [7, 11) is -4.10. The van der Waals surface area contributed by atoms with Crippen molar-refractivity contribution < 1.29 is 63.4 Å². The van der Waals surface area contributed by atoms with Crippen molar-refractivity contribution in [1.29, 1.82) is 0 Å². The average molecular weight is 905 g/mol. The second kappa shape index (κ2) is 16.4. The second-order valence-electron chi connectivity index (χ2n) is 16.9. The van der Waals surface area contributed by atoms with Gasteiger partial charge in [-0.3, -0.25) is 23.9 Å². The van der Waals surface area contributed by atoms with Crippen LogP contribution in [0.25, 0.3) is 21.7 Å². The minimum Gasteiger partial charge on any atom is -0.472 e. The number of hydrogen-bond donors (Lipinski definition) is 2. The fourth-order valence-corrected chi connectivity index (χ4v) is 9.80. The summed E-state index contributed by atoms with van der Waals surface area (Å²) in [5, 5.41) is 6.89. The third-order valence-electron chi connectivity index (χ3n) is 12.4. The van der Waals surface area contributed by atoms with Crippen molar-refractivity contribution in [3.63, 3.8) is 0 Å². The average Bonchev–Trinajstić information content (AvgIpc) is 3.98. The van der Waals surface area contributed by atoms with Crippen molar-refractivity contribution in [2.45, 2.75) is 107 Å². The minimum absolute atomic E-state index is 0.0279. The van der Waals surface area contributed by atoms with Crippen LogP contribution in [0.5, 0.6) is 11.6 Å². The molecule has 3 fully saturated rings. The van der Waals surface area contributed by atoms with E-state index >= 15 is 0 Å². The lowest BCUT2D eigenvalue weighted by Crippen LogP contribution is -2.52. The Bertz CT molecular complexity index is 2640. The molecule has 4 aromatic rings. The fourth-order valence-electron chi connectivity index (χ4n) is 8.46. The number of aromatic nitrogens is 3. The van der Waals surface area contributed by atoms with Gasteiger partial charge in [0.05, 0.1) is 28.3 Å². The normalized spacial score (nSPS) is 25.7. The van der Waals surface area contributed by atoms with Crippen molar-refractivity contribution >= 4 is 55.2 Å². The number of carbonyl (C=O) groups is 4. The molecule has 0 unspecified atom stereocenters. The number of fused-ring (bicyclic) bond motifs is 5. The zero-order valence-corrected chi connectivity index (χ0v) is 34.5. The molecule has 2 N–H and O–H groups in total. The summed E-state index contributed by atoms with van der Waals surface area (Å²) in [6.07, 6.45) is 0.726. The summed E-state index contributed by atoms with van der Waals surface area (Å²) in [5.74, 6) is -5.25. The van der Waals surface area contributed by atoms with E-state index in [4.69, 9.17) is 4.74 Å². The Morgan fingerprint density at radius 1 is 1.00 bits per heavy atom. The Kier molecular flexibility index (Phi) is 11.5. The number of carbonyl (C=O) groups excluding carboxylic acids is 4. The molecule has 2 aliphatic carbocycles. The van der Waals surface area contributed by atoms with Gasteiger partial charge in [-0.05, 0) is 93.2 Å². The van der Waals surface area contributed by atoms with Crippen molar-refractivity contribution in [3.05, 3.63) is 72.3 Å². The molecule has 3 amide bonds. The number of ether oxygens (including phenoxy) is 2. The molecule has 0 radical (unpaired) electrons. The van der Waals surface area contributed by atoms with E-state index in [1.165, 1.54) is 19.1 Å². The summed E-state index contributed by atoms with van der Waals surface area (Å²) in [6.45, 7) is -1.87. The lowest BCUT2D eigenvalue weighted by atomic mass is 9.91. The maximum atomic E-state index is 14.7. The Balaban J connectivity index is 1.15. The second-order valence-corrected chi connectivity index (χ2v) is 19.1. The van der Waals surface area contributed by atoms with E-state index in [0.29, 0.717) is 49.3 Å². The molecule has 1 saturated heterocycles. The lowest BCUT2D eigenvalue weighted by Gasteiger charge is -2.29. The Morgan fingerprint density at radius 3 is 2.48 bits per heavy atom. The molecular formula is C42H42F6N6O8S. The molecule has 4 aliphatic rings. The first kappa shape index (κ1) is 43.9. The van der Waals surface area contributed by atoms with E-state index < -0.39 is 104 Å². The summed E-state index contributed by atoms with van der Waals surface area (Å²) in [5.41, 5.74) is -1.80.